The van der Waals surface area contributed by atoms with Crippen LogP contribution in [-0.4, -0.2) is 51.8 Å². The molecule has 8 nitrogen and oxygen atoms in total. The number of hydrogen-bond acceptors (Lipinski definition) is 6. The monoisotopic (exact) mass is 381 g/mol. The number of likely N-dealkylation sites (N-methyl/N-ethyl adjacent to an activating group) is 1. The number of carbonyl (C=O) groups excluding carboxylic acids is 1. The Morgan fingerprint density at radius 2 is 1.93 bits per heavy atom. The van der Waals surface area contributed by atoms with Crippen LogP contribution in [-0.2, 0) is 17.9 Å². The summed E-state index contributed by atoms with van der Waals surface area (Å²) in [7, 11) is 3.35. The summed E-state index contributed by atoms with van der Waals surface area (Å²) in [6.45, 7) is 3.08. The minimum absolute atomic E-state index is 0.0184. The number of nitrogens with zero attached hydrogens (tertiary/aromatic N) is 5. The first-order valence-corrected chi connectivity index (χ1v) is 8.97. The fourth-order valence-corrected chi connectivity index (χ4v) is 2.65. The molecule has 1 heterocycles. The minimum atomic E-state index is -0.108. The lowest BCUT2D eigenvalue weighted by Crippen LogP contribution is -2.30. The van der Waals surface area contributed by atoms with Crippen molar-refractivity contribution in [3.05, 3.63) is 54.1 Å². The second kappa shape index (κ2) is 8.98. The normalized spacial score (nSPS) is 10.5. The molecule has 0 atom stereocenters. The maximum Gasteiger partial charge on any atom is 0.246 e. The van der Waals surface area contributed by atoms with Crippen molar-refractivity contribution in [1.29, 1.82) is 0 Å². The fraction of sp³-hybridized carbons (Fsp3) is 0.300. The Kier molecular flexibility index (Phi) is 6.21. The van der Waals surface area contributed by atoms with Gasteiger partial charge in [-0.3, -0.25) is 4.79 Å². The van der Waals surface area contributed by atoms with Crippen LogP contribution in [0.15, 0.2) is 48.5 Å². The van der Waals surface area contributed by atoms with Gasteiger partial charge < -0.3 is 14.4 Å². The van der Waals surface area contributed by atoms with Crippen molar-refractivity contribution in [2.24, 2.45) is 0 Å². The zero-order chi connectivity index (χ0) is 19.9. The average molecular weight is 381 g/mol. The first-order valence-electron chi connectivity index (χ1n) is 8.97. The Labute approximate surface area is 163 Å². The Morgan fingerprint density at radius 3 is 2.64 bits per heavy atom. The molecule has 2 aromatic carbocycles. The number of ether oxygens (including phenoxy) is 2. The molecule has 0 aliphatic heterocycles. The molecule has 0 bridgehead atoms. The summed E-state index contributed by atoms with van der Waals surface area (Å²) in [6.07, 6.45) is 0. The maximum absolute atomic E-state index is 12.5. The molecule has 3 rings (SSSR count). The summed E-state index contributed by atoms with van der Waals surface area (Å²) in [5.41, 5.74) is 1.80. The average Bonchev–Trinajstić information content (AvgIpc) is 3.18. The summed E-state index contributed by atoms with van der Waals surface area (Å²) >= 11 is 0. The van der Waals surface area contributed by atoms with Crippen LogP contribution in [0.5, 0.6) is 11.5 Å². The summed E-state index contributed by atoms with van der Waals surface area (Å²) in [5, 5.41) is 12.3. The van der Waals surface area contributed by atoms with Crippen LogP contribution >= 0.6 is 0 Å². The van der Waals surface area contributed by atoms with Gasteiger partial charge in [-0.25, -0.2) is 0 Å². The molecule has 0 aliphatic carbocycles. The number of benzene rings is 2. The Hall–Kier alpha value is -3.42. The predicted molar refractivity (Wildman–Crippen MR) is 104 cm³/mol. The lowest BCUT2D eigenvalue weighted by Gasteiger charge is -2.17. The van der Waals surface area contributed by atoms with E-state index < -0.39 is 0 Å². The van der Waals surface area contributed by atoms with Crippen molar-refractivity contribution in [3.8, 4) is 22.9 Å². The maximum atomic E-state index is 12.5. The molecule has 28 heavy (non-hydrogen) atoms. The Morgan fingerprint density at radius 1 is 1.14 bits per heavy atom. The van der Waals surface area contributed by atoms with Crippen molar-refractivity contribution < 1.29 is 14.3 Å². The van der Waals surface area contributed by atoms with E-state index in [4.69, 9.17) is 9.47 Å². The van der Waals surface area contributed by atoms with Gasteiger partial charge in [0, 0.05) is 19.2 Å². The zero-order valence-electron chi connectivity index (χ0n) is 16.2. The Balaban J connectivity index is 1.60. The Bertz CT molecular complexity index is 924. The van der Waals surface area contributed by atoms with E-state index in [-0.39, 0.29) is 12.5 Å². The van der Waals surface area contributed by atoms with Gasteiger partial charge in [0.05, 0.1) is 13.7 Å². The molecule has 8 heteroatoms. The largest absolute Gasteiger partial charge is 0.497 e. The van der Waals surface area contributed by atoms with Crippen LogP contribution in [0, 0.1) is 0 Å². The highest BCUT2D eigenvalue weighted by molar-refractivity contribution is 5.75. The van der Waals surface area contributed by atoms with Crippen molar-refractivity contribution >= 4 is 5.91 Å². The van der Waals surface area contributed by atoms with Gasteiger partial charge >= 0.3 is 0 Å². The van der Waals surface area contributed by atoms with Gasteiger partial charge in [0.25, 0.3) is 0 Å². The van der Waals surface area contributed by atoms with E-state index in [1.165, 1.54) is 4.80 Å². The molecular weight excluding hydrogens is 358 g/mol. The smallest absolute Gasteiger partial charge is 0.246 e. The lowest BCUT2D eigenvalue weighted by molar-refractivity contribution is -0.131. The number of carbonyl (C=O) groups is 1. The van der Waals surface area contributed by atoms with Crippen molar-refractivity contribution in [1.82, 2.24) is 25.1 Å². The number of amides is 1. The standard InChI is InChI=1S/C20H23N5O3/c1-4-28-17-10-8-15(9-11-17)13-24(2)19(26)14-25-22-20(21-23-25)16-6-5-7-18(12-16)27-3/h5-12H,4,13-14H2,1-3H3. The third kappa shape index (κ3) is 4.85. The quantitative estimate of drug-likeness (QED) is 0.596. The van der Waals surface area contributed by atoms with E-state index in [1.54, 1.807) is 19.1 Å². The SMILES string of the molecule is CCOc1ccc(CN(C)C(=O)Cn2nnc(-c3cccc(OC)c3)n2)cc1. The minimum Gasteiger partial charge on any atom is -0.497 e. The van der Waals surface area contributed by atoms with Gasteiger partial charge in [0.2, 0.25) is 11.7 Å². The molecule has 0 N–H and O–H groups in total. The summed E-state index contributed by atoms with van der Waals surface area (Å²) in [4.78, 5) is 15.4. The summed E-state index contributed by atoms with van der Waals surface area (Å²) < 4.78 is 10.6. The van der Waals surface area contributed by atoms with Gasteiger partial charge in [-0.15, -0.1) is 10.2 Å². The highest BCUT2D eigenvalue weighted by Crippen LogP contribution is 2.20. The molecule has 0 saturated heterocycles. The van der Waals surface area contributed by atoms with Crippen LogP contribution in [0.25, 0.3) is 11.4 Å². The number of methoxy groups -OCH3 is 1. The van der Waals surface area contributed by atoms with Gasteiger partial charge in [-0.1, -0.05) is 24.3 Å². The van der Waals surface area contributed by atoms with Crippen molar-refractivity contribution in [3.63, 3.8) is 0 Å². The highest BCUT2D eigenvalue weighted by atomic mass is 16.5. The third-order valence-corrected chi connectivity index (χ3v) is 4.14. The molecule has 0 radical (unpaired) electrons. The number of hydrogen-bond donors (Lipinski definition) is 0. The number of aromatic nitrogens is 4. The van der Waals surface area contributed by atoms with Gasteiger partial charge in [0.1, 0.15) is 18.0 Å². The highest BCUT2D eigenvalue weighted by Gasteiger charge is 2.14. The molecule has 0 fully saturated rings. The topological polar surface area (TPSA) is 82.4 Å². The third-order valence-electron chi connectivity index (χ3n) is 4.14. The number of rotatable bonds is 8. The van der Waals surface area contributed by atoms with E-state index >= 15 is 0 Å². The molecule has 0 spiro atoms. The predicted octanol–water partition coefficient (Wildman–Crippen LogP) is 2.41. The summed E-state index contributed by atoms with van der Waals surface area (Å²) in [6, 6.07) is 15.1. The lowest BCUT2D eigenvalue weighted by atomic mass is 10.2. The fourth-order valence-electron chi connectivity index (χ4n) is 2.65. The molecular formula is C20H23N5O3. The van der Waals surface area contributed by atoms with Crippen molar-refractivity contribution in [2.45, 2.75) is 20.0 Å². The number of tetrazole rings is 1. The first-order chi connectivity index (χ1) is 13.6. The van der Waals surface area contributed by atoms with Crippen LogP contribution in [0.2, 0.25) is 0 Å². The first kappa shape index (κ1) is 19.3. The van der Waals surface area contributed by atoms with Crippen LogP contribution in [0.3, 0.4) is 0 Å². The van der Waals surface area contributed by atoms with Gasteiger partial charge in [-0.05, 0) is 42.0 Å². The second-order valence-corrected chi connectivity index (χ2v) is 6.20. The van der Waals surface area contributed by atoms with Crippen LogP contribution < -0.4 is 9.47 Å². The van der Waals surface area contributed by atoms with Crippen LogP contribution in [0.4, 0.5) is 0 Å². The molecule has 1 amide bonds. The molecule has 0 saturated carbocycles. The van der Waals surface area contributed by atoms with E-state index in [9.17, 15) is 4.79 Å². The molecule has 146 valence electrons. The van der Waals surface area contributed by atoms with E-state index in [1.807, 2.05) is 55.5 Å². The van der Waals surface area contributed by atoms with Crippen LogP contribution in [0.1, 0.15) is 12.5 Å². The van der Waals surface area contributed by atoms with E-state index in [2.05, 4.69) is 15.4 Å². The van der Waals surface area contributed by atoms with Gasteiger partial charge in [0.15, 0.2) is 0 Å². The molecule has 3 aromatic rings. The van der Waals surface area contributed by atoms with Crippen molar-refractivity contribution in [2.75, 3.05) is 20.8 Å². The van der Waals surface area contributed by atoms with E-state index in [0.29, 0.717) is 24.7 Å². The summed E-state index contributed by atoms with van der Waals surface area (Å²) in [5.74, 6) is 1.86. The molecule has 0 unspecified atom stereocenters. The van der Waals surface area contributed by atoms with E-state index in [0.717, 1.165) is 16.9 Å². The molecule has 0 aliphatic rings. The molecule has 1 aromatic heterocycles. The second-order valence-electron chi connectivity index (χ2n) is 6.20. The zero-order valence-corrected chi connectivity index (χ0v) is 16.2. The van der Waals surface area contributed by atoms with Gasteiger partial charge in [-0.2, -0.15) is 4.80 Å².